The fourth-order valence-electron chi connectivity index (χ4n) is 4.19. The fourth-order valence-corrected chi connectivity index (χ4v) is 4.19. The lowest BCUT2D eigenvalue weighted by Gasteiger charge is -2.23. The zero-order valence-electron chi connectivity index (χ0n) is 18.4. The lowest BCUT2D eigenvalue weighted by atomic mass is 9.95. The molecule has 2 heterocycles. The summed E-state index contributed by atoms with van der Waals surface area (Å²) in [6.45, 7) is 3.90. The number of carbonyl (C=O) groups is 2. The molecule has 1 aliphatic rings. The molecule has 0 N–H and O–H groups in total. The van der Waals surface area contributed by atoms with Crippen LogP contribution in [0.4, 0.5) is 4.39 Å². The average Bonchev–Trinajstić information content (AvgIpc) is 3.17. The van der Waals surface area contributed by atoms with Gasteiger partial charge in [-0.1, -0.05) is 42.5 Å². The molecule has 1 saturated heterocycles. The second-order valence-corrected chi connectivity index (χ2v) is 8.12. The highest BCUT2D eigenvalue weighted by atomic mass is 19.1. The lowest BCUT2D eigenvalue weighted by molar-refractivity contribution is -0.134. The fraction of sp³-hybridized carbons (Fsp3) is 0.320. The summed E-state index contributed by atoms with van der Waals surface area (Å²) in [5.74, 6) is -0.705. The predicted molar refractivity (Wildman–Crippen MR) is 120 cm³/mol. The number of hydrogen-bond donors (Lipinski definition) is 0. The van der Waals surface area contributed by atoms with Crippen molar-refractivity contribution in [2.45, 2.75) is 13.3 Å². The first kappa shape index (κ1) is 21.7. The maximum atomic E-state index is 14.1. The first-order valence-corrected chi connectivity index (χ1v) is 10.9. The Morgan fingerprint density at radius 1 is 1.09 bits per heavy atom. The molecule has 0 saturated carbocycles. The first-order valence-electron chi connectivity index (χ1n) is 10.9. The summed E-state index contributed by atoms with van der Waals surface area (Å²) >= 11 is 0. The Bertz CT molecular complexity index is 1110. The van der Waals surface area contributed by atoms with Crippen molar-refractivity contribution < 1.29 is 14.0 Å². The van der Waals surface area contributed by atoms with Gasteiger partial charge in [-0.25, -0.2) is 4.39 Å². The van der Waals surface area contributed by atoms with Gasteiger partial charge in [0.05, 0.1) is 5.92 Å². The average molecular weight is 435 g/mol. The van der Waals surface area contributed by atoms with Gasteiger partial charge >= 0.3 is 0 Å². The molecular weight excluding hydrogens is 407 g/mol. The minimum atomic E-state index is -0.343. The van der Waals surface area contributed by atoms with E-state index in [1.54, 1.807) is 41.0 Å². The number of hydrogen-bond acceptors (Lipinski definition) is 3. The molecule has 2 aromatic carbocycles. The molecule has 0 aliphatic carbocycles. The topological polar surface area (TPSA) is 58.4 Å². The molecule has 1 aromatic heterocycles. The minimum absolute atomic E-state index is 0.0574. The van der Waals surface area contributed by atoms with E-state index in [1.807, 2.05) is 42.2 Å². The molecule has 4 rings (SSSR count). The molecular formula is C25H27FN4O2. The number of rotatable bonds is 5. The molecule has 0 unspecified atom stereocenters. The lowest BCUT2D eigenvalue weighted by Crippen LogP contribution is -2.38. The highest BCUT2D eigenvalue weighted by Gasteiger charge is 2.32. The Morgan fingerprint density at radius 2 is 1.84 bits per heavy atom. The molecule has 166 valence electrons. The van der Waals surface area contributed by atoms with Gasteiger partial charge in [0.1, 0.15) is 11.5 Å². The first-order chi connectivity index (χ1) is 15.5. The number of benzene rings is 2. The van der Waals surface area contributed by atoms with Crippen LogP contribution in [0.2, 0.25) is 0 Å². The van der Waals surface area contributed by atoms with Gasteiger partial charge in [-0.15, -0.1) is 0 Å². The molecule has 0 spiro atoms. The summed E-state index contributed by atoms with van der Waals surface area (Å²) < 4.78 is 15.7. The smallest absolute Gasteiger partial charge is 0.274 e. The van der Waals surface area contributed by atoms with Crippen LogP contribution in [0.3, 0.4) is 0 Å². The van der Waals surface area contributed by atoms with Crippen molar-refractivity contribution in [3.8, 4) is 11.1 Å². The number of nitrogens with zero attached hydrogens (tertiary/aromatic N) is 4. The summed E-state index contributed by atoms with van der Waals surface area (Å²) in [4.78, 5) is 29.7. The van der Waals surface area contributed by atoms with Crippen LogP contribution in [0.5, 0.6) is 0 Å². The zero-order valence-corrected chi connectivity index (χ0v) is 18.4. The Hall–Kier alpha value is -3.48. The van der Waals surface area contributed by atoms with Crippen LogP contribution in [0.1, 0.15) is 23.0 Å². The van der Waals surface area contributed by atoms with Crippen LogP contribution in [-0.2, 0) is 18.3 Å². The van der Waals surface area contributed by atoms with E-state index < -0.39 is 0 Å². The summed E-state index contributed by atoms with van der Waals surface area (Å²) in [6, 6.07) is 16.0. The highest BCUT2D eigenvalue weighted by molar-refractivity contribution is 5.93. The monoisotopic (exact) mass is 434 g/mol. The predicted octanol–water partition coefficient (Wildman–Crippen LogP) is 3.39. The number of carbonyl (C=O) groups excluding carboxylic acids is 2. The van der Waals surface area contributed by atoms with Crippen molar-refractivity contribution in [1.82, 2.24) is 19.6 Å². The van der Waals surface area contributed by atoms with Crippen LogP contribution in [0.15, 0.2) is 60.8 Å². The van der Waals surface area contributed by atoms with Gasteiger partial charge in [-0.3, -0.25) is 14.3 Å². The number of aromatic nitrogens is 2. The van der Waals surface area contributed by atoms with Gasteiger partial charge in [0.25, 0.3) is 5.91 Å². The Kier molecular flexibility index (Phi) is 6.35. The van der Waals surface area contributed by atoms with Gasteiger partial charge < -0.3 is 9.80 Å². The molecule has 1 fully saturated rings. The van der Waals surface area contributed by atoms with E-state index in [0.29, 0.717) is 43.9 Å². The van der Waals surface area contributed by atoms with E-state index >= 15 is 0 Å². The Morgan fingerprint density at radius 3 is 2.50 bits per heavy atom. The van der Waals surface area contributed by atoms with Crippen LogP contribution in [-0.4, -0.2) is 57.6 Å². The van der Waals surface area contributed by atoms with Gasteiger partial charge in [-0.2, -0.15) is 5.10 Å². The maximum absolute atomic E-state index is 14.1. The van der Waals surface area contributed by atoms with E-state index in [0.717, 1.165) is 11.1 Å². The van der Waals surface area contributed by atoms with Crippen molar-refractivity contribution in [1.29, 1.82) is 0 Å². The van der Waals surface area contributed by atoms with E-state index in [-0.39, 0.29) is 23.5 Å². The van der Waals surface area contributed by atoms with Crippen molar-refractivity contribution in [3.63, 3.8) is 0 Å². The number of aryl methyl sites for hydroxylation is 1. The van der Waals surface area contributed by atoms with Crippen molar-refractivity contribution in [3.05, 3.63) is 77.9 Å². The maximum Gasteiger partial charge on any atom is 0.274 e. The van der Waals surface area contributed by atoms with E-state index in [9.17, 15) is 14.0 Å². The van der Waals surface area contributed by atoms with Gasteiger partial charge in [-0.05, 0) is 36.6 Å². The zero-order chi connectivity index (χ0) is 22.7. The summed E-state index contributed by atoms with van der Waals surface area (Å²) in [6.07, 6.45) is 2.25. The molecule has 0 bridgehead atoms. The Labute approximate surface area is 187 Å². The van der Waals surface area contributed by atoms with Crippen LogP contribution in [0.25, 0.3) is 11.1 Å². The van der Waals surface area contributed by atoms with Gasteiger partial charge in [0, 0.05) is 45.0 Å². The molecule has 0 radical (unpaired) electrons. The molecule has 3 aromatic rings. The third-order valence-corrected chi connectivity index (χ3v) is 5.96. The van der Waals surface area contributed by atoms with E-state index in [1.165, 1.54) is 6.07 Å². The van der Waals surface area contributed by atoms with E-state index in [4.69, 9.17) is 0 Å². The van der Waals surface area contributed by atoms with E-state index in [2.05, 4.69) is 5.10 Å². The summed E-state index contributed by atoms with van der Waals surface area (Å²) in [7, 11) is 1.77. The second-order valence-electron chi connectivity index (χ2n) is 8.12. The minimum Gasteiger partial charge on any atom is -0.341 e. The third kappa shape index (κ3) is 4.56. The summed E-state index contributed by atoms with van der Waals surface area (Å²) in [5.41, 5.74) is 2.71. The number of halogens is 1. The molecule has 6 nitrogen and oxygen atoms in total. The second kappa shape index (κ2) is 9.34. The van der Waals surface area contributed by atoms with Crippen molar-refractivity contribution in [2.24, 2.45) is 13.0 Å². The largest absolute Gasteiger partial charge is 0.341 e. The quantitative estimate of drug-likeness (QED) is 0.619. The number of amides is 2. The molecule has 32 heavy (non-hydrogen) atoms. The standard InChI is InChI=1S/C25H27FN4O2/c1-3-29-14-15-30(25(32)23-12-13-28(2)27-23)17-20(24(29)31)16-18-8-10-19(11-9-18)21-6-4-5-7-22(21)26/h4-13,20H,3,14-17H2,1-2H3/t20-/m0/s1. The molecule has 1 atom stereocenters. The third-order valence-electron chi connectivity index (χ3n) is 5.96. The summed E-state index contributed by atoms with van der Waals surface area (Å²) in [5, 5.41) is 4.23. The van der Waals surface area contributed by atoms with Crippen molar-refractivity contribution in [2.75, 3.05) is 26.2 Å². The number of likely N-dealkylation sites (N-methyl/N-ethyl adjacent to an activating group) is 1. The normalized spacial score (nSPS) is 16.8. The van der Waals surface area contributed by atoms with Crippen molar-refractivity contribution >= 4 is 11.8 Å². The SMILES string of the molecule is CCN1CCN(C(=O)c2ccn(C)n2)C[C@H](Cc2ccc(-c3ccccc3F)cc2)C1=O. The van der Waals surface area contributed by atoms with Crippen LogP contribution >= 0.6 is 0 Å². The van der Waals surface area contributed by atoms with Crippen LogP contribution in [0, 0.1) is 11.7 Å². The van der Waals surface area contributed by atoms with Crippen LogP contribution < -0.4 is 0 Å². The van der Waals surface area contributed by atoms with Gasteiger partial charge in [0.2, 0.25) is 5.91 Å². The molecule has 2 amide bonds. The Balaban J connectivity index is 1.54. The molecule has 7 heteroatoms. The van der Waals surface area contributed by atoms with Gasteiger partial charge in [0.15, 0.2) is 0 Å². The molecule has 1 aliphatic heterocycles. The highest BCUT2D eigenvalue weighted by Crippen LogP contribution is 2.24.